The van der Waals surface area contributed by atoms with Gasteiger partial charge in [0.1, 0.15) is 11.7 Å². The molecule has 0 unspecified atom stereocenters. The van der Waals surface area contributed by atoms with Gasteiger partial charge in [-0.3, -0.25) is 0 Å². The zero-order valence-corrected chi connectivity index (χ0v) is 11.3. The lowest BCUT2D eigenvalue weighted by Gasteiger charge is -2.34. The first-order valence-electron chi connectivity index (χ1n) is 6.23. The molecule has 0 aliphatic carbocycles. The zero-order chi connectivity index (χ0) is 14.2. The summed E-state index contributed by atoms with van der Waals surface area (Å²) in [6.07, 6.45) is -0.114. The van der Waals surface area contributed by atoms with E-state index in [1.807, 2.05) is 0 Å². The molecule has 2 rings (SSSR count). The van der Waals surface area contributed by atoms with Gasteiger partial charge in [0.05, 0.1) is 5.92 Å². The molecule has 1 amide bonds. The summed E-state index contributed by atoms with van der Waals surface area (Å²) < 4.78 is 5.28. The molecule has 2 aliphatic rings. The maximum Gasteiger partial charge on any atom is 0.410 e. The summed E-state index contributed by atoms with van der Waals surface area (Å²) in [6.45, 7) is 6.13. The molecule has 2 aliphatic heterocycles. The molecule has 2 atom stereocenters. The first-order chi connectivity index (χ1) is 8.78. The lowest BCUT2D eigenvalue weighted by Crippen LogP contribution is -2.49. The summed E-state index contributed by atoms with van der Waals surface area (Å²) in [5.74, 6) is -1.47. The van der Waals surface area contributed by atoms with Gasteiger partial charge in [0.25, 0.3) is 0 Å². The summed E-state index contributed by atoms with van der Waals surface area (Å²) in [6, 6.07) is 0. The van der Waals surface area contributed by atoms with Crippen molar-refractivity contribution < 1.29 is 24.3 Å². The predicted molar refractivity (Wildman–Crippen MR) is 65.9 cm³/mol. The Kier molecular flexibility index (Phi) is 3.38. The summed E-state index contributed by atoms with van der Waals surface area (Å²) in [5.41, 5.74) is -0.581. The highest BCUT2D eigenvalue weighted by Crippen LogP contribution is 2.28. The molecule has 1 fully saturated rings. The van der Waals surface area contributed by atoms with Crippen molar-refractivity contribution in [3.63, 3.8) is 0 Å². The number of hydrogen-bond acceptors (Lipinski definition) is 5. The number of carbonyl (C=O) groups is 2. The number of oxime groups is 1. The van der Waals surface area contributed by atoms with E-state index >= 15 is 0 Å². The second-order valence-corrected chi connectivity index (χ2v) is 5.75. The Morgan fingerprint density at radius 2 is 2.16 bits per heavy atom. The second kappa shape index (κ2) is 4.71. The number of carbonyl (C=O) groups excluding carboxylic acids is 1. The molecule has 0 spiro atoms. The van der Waals surface area contributed by atoms with E-state index in [0.717, 1.165) is 0 Å². The van der Waals surface area contributed by atoms with Gasteiger partial charge in [-0.15, -0.1) is 0 Å². The number of ether oxygens (including phenoxy) is 1. The van der Waals surface area contributed by atoms with Gasteiger partial charge >= 0.3 is 12.1 Å². The van der Waals surface area contributed by atoms with E-state index in [1.165, 1.54) is 4.90 Å². The van der Waals surface area contributed by atoms with Gasteiger partial charge in [-0.1, -0.05) is 5.16 Å². The van der Waals surface area contributed by atoms with Crippen LogP contribution >= 0.6 is 0 Å². The van der Waals surface area contributed by atoms with Gasteiger partial charge in [0.15, 0.2) is 5.71 Å². The van der Waals surface area contributed by atoms with E-state index in [0.29, 0.717) is 13.0 Å². The molecule has 0 aromatic carbocycles. The van der Waals surface area contributed by atoms with Crippen LogP contribution in [0.5, 0.6) is 0 Å². The minimum atomic E-state index is -1.10. The van der Waals surface area contributed by atoms with E-state index in [4.69, 9.17) is 14.7 Å². The van der Waals surface area contributed by atoms with Crippen molar-refractivity contribution in [2.75, 3.05) is 13.1 Å². The van der Waals surface area contributed by atoms with Crippen LogP contribution in [0.3, 0.4) is 0 Å². The van der Waals surface area contributed by atoms with E-state index in [1.54, 1.807) is 20.8 Å². The quantitative estimate of drug-likeness (QED) is 0.770. The van der Waals surface area contributed by atoms with Gasteiger partial charge in [0.2, 0.25) is 0 Å². The molecular weight excluding hydrogens is 252 g/mol. The molecule has 0 radical (unpaired) electrons. The smallest absolute Gasteiger partial charge is 0.410 e. The fourth-order valence-corrected chi connectivity index (χ4v) is 2.20. The average Bonchev–Trinajstić information content (AvgIpc) is 2.68. The fourth-order valence-electron chi connectivity index (χ4n) is 2.20. The van der Waals surface area contributed by atoms with Crippen molar-refractivity contribution in [2.45, 2.75) is 38.9 Å². The number of rotatable bonds is 1. The maximum absolute atomic E-state index is 12.0. The number of carboxylic acid groups (broad SMARTS) is 1. The number of hydrogen-bond donors (Lipinski definition) is 1. The number of aliphatic carboxylic acids is 1. The van der Waals surface area contributed by atoms with Crippen LogP contribution in [0.4, 0.5) is 4.79 Å². The van der Waals surface area contributed by atoms with Crippen LogP contribution in [0.1, 0.15) is 27.2 Å². The summed E-state index contributed by atoms with van der Waals surface area (Å²) >= 11 is 0. The van der Waals surface area contributed by atoms with Crippen molar-refractivity contribution in [3.05, 3.63) is 0 Å². The first-order valence-corrected chi connectivity index (χ1v) is 6.23. The van der Waals surface area contributed by atoms with E-state index in [2.05, 4.69) is 5.16 Å². The van der Waals surface area contributed by atoms with Crippen LogP contribution in [0.2, 0.25) is 0 Å². The minimum Gasteiger partial charge on any atom is -0.477 e. The highest BCUT2D eigenvalue weighted by molar-refractivity contribution is 6.36. The highest BCUT2D eigenvalue weighted by atomic mass is 16.6. The normalized spacial score (nSPS) is 26.3. The number of piperidine rings is 1. The lowest BCUT2D eigenvalue weighted by molar-refractivity contribution is -0.129. The number of carboxylic acids is 1. The third kappa shape index (κ3) is 2.97. The van der Waals surface area contributed by atoms with Crippen LogP contribution in [0.15, 0.2) is 5.16 Å². The average molecular weight is 270 g/mol. The number of nitrogens with zero attached hydrogens (tertiary/aromatic N) is 2. The molecule has 19 heavy (non-hydrogen) atoms. The van der Waals surface area contributed by atoms with Crippen LogP contribution < -0.4 is 0 Å². The Morgan fingerprint density at radius 1 is 1.47 bits per heavy atom. The molecule has 0 bridgehead atoms. The molecule has 0 aromatic rings. The van der Waals surface area contributed by atoms with Gasteiger partial charge < -0.3 is 19.6 Å². The molecule has 2 heterocycles. The number of amides is 1. The fraction of sp³-hybridized carbons (Fsp3) is 0.750. The van der Waals surface area contributed by atoms with Gasteiger partial charge in [-0.25, -0.2) is 9.59 Å². The highest BCUT2D eigenvalue weighted by Gasteiger charge is 2.43. The molecule has 7 nitrogen and oxygen atoms in total. The summed E-state index contributed by atoms with van der Waals surface area (Å²) in [4.78, 5) is 29.6. The standard InChI is InChI=1S/C12H18N2O5/c1-12(2,3)18-11(17)14-5-4-8-7(6-14)9(10(15)16)13-19-8/h7-8H,4-6H2,1-3H3,(H,15,16)/t7-,8+/m1/s1. The molecule has 1 saturated heterocycles. The number of fused-ring (bicyclic) bond motifs is 1. The SMILES string of the molecule is CC(C)(C)OC(=O)N1CC[C@@H]2ON=C(C(=O)O)[C@@H]2C1. The summed E-state index contributed by atoms with van der Waals surface area (Å²) in [5, 5.41) is 12.6. The third-order valence-electron chi connectivity index (χ3n) is 3.06. The number of likely N-dealkylation sites (tertiary alicyclic amines) is 1. The van der Waals surface area contributed by atoms with Crippen LogP contribution in [-0.4, -0.2) is 52.6 Å². The Morgan fingerprint density at radius 3 is 2.74 bits per heavy atom. The van der Waals surface area contributed by atoms with Crippen LogP contribution in [-0.2, 0) is 14.4 Å². The van der Waals surface area contributed by atoms with Gasteiger partial charge in [0, 0.05) is 19.5 Å². The summed E-state index contributed by atoms with van der Waals surface area (Å²) in [7, 11) is 0. The Balaban J connectivity index is 2.02. The van der Waals surface area contributed by atoms with Crippen molar-refractivity contribution >= 4 is 17.8 Å². The largest absolute Gasteiger partial charge is 0.477 e. The molecular formula is C12H18N2O5. The third-order valence-corrected chi connectivity index (χ3v) is 3.06. The zero-order valence-electron chi connectivity index (χ0n) is 11.3. The van der Waals surface area contributed by atoms with Crippen molar-refractivity contribution in [1.82, 2.24) is 4.90 Å². The monoisotopic (exact) mass is 270 g/mol. The van der Waals surface area contributed by atoms with Crippen LogP contribution in [0.25, 0.3) is 0 Å². The topological polar surface area (TPSA) is 88.4 Å². The first kappa shape index (κ1) is 13.6. The van der Waals surface area contributed by atoms with Gasteiger partial charge in [-0.05, 0) is 20.8 Å². The molecule has 7 heteroatoms. The Labute approximate surface area is 111 Å². The Hall–Kier alpha value is -1.79. The van der Waals surface area contributed by atoms with Gasteiger partial charge in [-0.2, -0.15) is 0 Å². The predicted octanol–water partition coefficient (Wildman–Crippen LogP) is 1.08. The van der Waals surface area contributed by atoms with Crippen molar-refractivity contribution in [3.8, 4) is 0 Å². The van der Waals surface area contributed by atoms with Crippen LogP contribution in [0, 0.1) is 5.92 Å². The maximum atomic E-state index is 12.0. The van der Waals surface area contributed by atoms with E-state index in [9.17, 15) is 9.59 Å². The molecule has 1 N–H and O–H groups in total. The van der Waals surface area contributed by atoms with E-state index < -0.39 is 17.7 Å². The molecule has 106 valence electrons. The molecule has 0 saturated carbocycles. The molecule has 0 aromatic heterocycles. The lowest BCUT2D eigenvalue weighted by atomic mass is 9.91. The second-order valence-electron chi connectivity index (χ2n) is 5.75. The van der Waals surface area contributed by atoms with Crippen molar-refractivity contribution in [1.29, 1.82) is 0 Å². The Bertz CT molecular complexity index is 426. The van der Waals surface area contributed by atoms with E-state index in [-0.39, 0.29) is 24.3 Å². The van der Waals surface area contributed by atoms with Crippen molar-refractivity contribution in [2.24, 2.45) is 11.1 Å². The minimum absolute atomic E-state index is 0.0155.